The smallest absolute Gasteiger partial charge is 0.228 e. The van der Waals surface area contributed by atoms with Crippen molar-refractivity contribution in [1.82, 2.24) is 10.2 Å². The Labute approximate surface area is 137 Å². The number of piperidine rings is 1. The fraction of sp³-hybridized carbons (Fsp3) is 0.556. The summed E-state index contributed by atoms with van der Waals surface area (Å²) in [4.78, 5) is 28.4. The molecule has 0 atom stereocenters. The van der Waals surface area contributed by atoms with Gasteiger partial charge in [0.2, 0.25) is 11.8 Å². The molecule has 0 spiro atoms. The third-order valence-electron chi connectivity index (χ3n) is 5.03. The van der Waals surface area contributed by atoms with E-state index in [-0.39, 0.29) is 17.7 Å². The van der Waals surface area contributed by atoms with Crippen molar-refractivity contribution in [3.8, 4) is 0 Å². The molecule has 1 fully saturated rings. The minimum atomic E-state index is 0.136. The van der Waals surface area contributed by atoms with Crippen LogP contribution in [-0.4, -0.2) is 49.9 Å². The molecule has 23 heavy (non-hydrogen) atoms. The molecule has 0 aromatic heterocycles. The number of fused-ring (bicyclic) bond motifs is 1. The molecule has 5 heteroatoms. The molecule has 0 unspecified atom stereocenters. The summed E-state index contributed by atoms with van der Waals surface area (Å²) in [5.41, 5.74) is 2.35. The SMILES string of the molecule is CNC(=O)C1CCN(CCC(=O)N2CCc3ccccc32)CC1. The van der Waals surface area contributed by atoms with Gasteiger partial charge in [-0.25, -0.2) is 0 Å². The number of para-hydroxylation sites is 1. The monoisotopic (exact) mass is 315 g/mol. The zero-order chi connectivity index (χ0) is 16.2. The largest absolute Gasteiger partial charge is 0.359 e. The standard InChI is InChI=1S/C18H25N3O2/c1-19-18(23)15-6-10-20(11-7-15)12-9-17(22)21-13-8-14-4-2-3-5-16(14)21/h2-5,15H,6-13H2,1H3,(H,19,23). The molecule has 5 nitrogen and oxygen atoms in total. The first-order valence-electron chi connectivity index (χ1n) is 8.51. The lowest BCUT2D eigenvalue weighted by Crippen LogP contribution is -2.41. The first kappa shape index (κ1) is 16.0. The number of rotatable bonds is 4. The second-order valence-corrected chi connectivity index (χ2v) is 6.40. The zero-order valence-corrected chi connectivity index (χ0v) is 13.8. The highest BCUT2D eigenvalue weighted by Crippen LogP contribution is 2.28. The lowest BCUT2D eigenvalue weighted by atomic mass is 9.96. The van der Waals surface area contributed by atoms with E-state index in [1.54, 1.807) is 7.05 Å². The van der Waals surface area contributed by atoms with Gasteiger partial charge in [0, 0.05) is 38.2 Å². The molecule has 2 amide bonds. The number of anilines is 1. The summed E-state index contributed by atoms with van der Waals surface area (Å²) in [6, 6.07) is 8.17. The number of likely N-dealkylation sites (tertiary alicyclic amines) is 1. The van der Waals surface area contributed by atoms with Gasteiger partial charge in [-0.3, -0.25) is 9.59 Å². The molecular formula is C18H25N3O2. The van der Waals surface area contributed by atoms with Crippen LogP contribution in [0.4, 0.5) is 5.69 Å². The molecule has 1 aromatic rings. The van der Waals surface area contributed by atoms with Crippen molar-refractivity contribution in [3.05, 3.63) is 29.8 Å². The van der Waals surface area contributed by atoms with Crippen LogP contribution in [0.25, 0.3) is 0 Å². The van der Waals surface area contributed by atoms with Crippen LogP contribution >= 0.6 is 0 Å². The van der Waals surface area contributed by atoms with Crippen molar-refractivity contribution in [2.24, 2.45) is 5.92 Å². The molecule has 2 heterocycles. The van der Waals surface area contributed by atoms with Crippen molar-refractivity contribution in [2.45, 2.75) is 25.7 Å². The van der Waals surface area contributed by atoms with Crippen LogP contribution in [0.3, 0.4) is 0 Å². The van der Waals surface area contributed by atoms with Crippen molar-refractivity contribution in [1.29, 1.82) is 0 Å². The molecule has 3 rings (SSSR count). The number of nitrogens with zero attached hydrogens (tertiary/aromatic N) is 2. The number of nitrogens with one attached hydrogen (secondary N) is 1. The van der Waals surface area contributed by atoms with Gasteiger partial charge in [0.1, 0.15) is 0 Å². The fourth-order valence-corrected chi connectivity index (χ4v) is 3.61. The molecule has 0 bridgehead atoms. The van der Waals surface area contributed by atoms with E-state index in [1.807, 2.05) is 23.1 Å². The van der Waals surface area contributed by atoms with Crippen molar-refractivity contribution in [2.75, 3.05) is 38.1 Å². The first-order valence-corrected chi connectivity index (χ1v) is 8.51. The van der Waals surface area contributed by atoms with Gasteiger partial charge < -0.3 is 15.1 Å². The highest BCUT2D eigenvalue weighted by molar-refractivity contribution is 5.95. The number of carbonyl (C=O) groups excluding carboxylic acids is 2. The Morgan fingerprint density at radius 3 is 2.65 bits per heavy atom. The average Bonchev–Trinajstić information content (AvgIpc) is 3.03. The van der Waals surface area contributed by atoms with E-state index < -0.39 is 0 Å². The third kappa shape index (κ3) is 3.55. The second-order valence-electron chi connectivity index (χ2n) is 6.40. The van der Waals surface area contributed by atoms with Crippen LogP contribution in [0.5, 0.6) is 0 Å². The molecule has 1 saturated heterocycles. The second kappa shape index (κ2) is 7.13. The van der Waals surface area contributed by atoms with E-state index in [0.29, 0.717) is 6.42 Å². The molecule has 124 valence electrons. The molecular weight excluding hydrogens is 290 g/mol. The number of hydrogen-bond acceptors (Lipinski definition) is 3. The van der Waals surface area contributed by atoms with Gasteiger partial charge in [0.15, 0.2) is 0 Å². The summed E-state index contributed by atoms with van der Waals surface area (Å²) >= 11 is 0. The van der Waals surface area contributed by atoms with Crippen LogP contribution in [0.2, 0.25) is 0 Å². The van der Waals surface area contributed by atoms with Gasteiger partial charge in [-0.2, -0.15) is 0 Å². The normalized spacial score (nSPS) is 18.7. The molecule has 0 aliphatic carbocycles. The van der Waals surface area contributed by atoms with Gasteiger partial charge in [0.05, 0.1) is 0 Å². The highest BCUT2D eigenvalue weighted by Gasteiger charge is 2.26. The maximum absolute atomic E-state index is 12.5. The lowest BCUT2D eigenvalue weighted by molar-refractivity contribution is -0.126. The predicted molar refractivity (Wildman–Crippen MR) is 90.3 cm³/mol. The van der Waals surface area contributed by atoms with Crippen molar-refractivity contribution in [3.63, 3.8) is 0 Å². The van der Waals surface area contributed by atoms with Gasteiger partial charge in [-0.15, -0.1) is 0 Å². The third-order valence-corrected chi connectivity index (χ3v) is 5.03. The van der Waals surface area contributed by atoms with Crippen molar-refractivity contribution < 1.29 is 9.59 Å². The molecule has 0 radical (unpaired) electrons. The molecule has 0 saturated carbocycles. The quantitative estimate of drug-likeness (QED) is 0.914. The van der Waals surface area contributed by atoms with Crippen LogP contribution in [0.1, 0.15) is 24.8 Å². The Hall–Kier alpha value is -1.88. The van der Waals surface area contributed by atoms with E-state index in [4.69, 9.17) is 0 Å². The van der Waals surface area contributed by atoms with E-state index in [9.17, 15) is 9.59 Å². The maximum Gasteiger partial charge on any atom is 0.228 e. The summed E-state index contributed by atoms with van der Waals surface area (Å²) < 4.78 is 0. The van der Waals surface area contributed by atoms with Crippen LogP contribution in [0.15, 0.2) is 24.3 Å². The molecule has 2 aliphatic heterocycles. The first-order chi connectivity index (χ1) is 11.2. The van der Waals surface area contributed by atoms with Gasteiger partial charge in [-0.1, -0.05) is 18.2 Å². The van der Waals surface area contributed by atoms with Crippen molar-refractivity contribution >= 4 is 17.5 Å². The van der Waals surface area contributed by atoms with E-state index in [1.165, 1.54) is 5.56 Å². The Balaban J connectivity index is 1.47. The summed E-state index contributed by atoms with van der Waals surface area (Å²) in [5.74, 6) is 0.496. The van der Waals surface area contributed by atoms with Crippen LogP contribution in [-0.2, 0) is 16.0 Å². The highest BCUT2D eigenvalue weighted by atomic mass is 16.2. The Morgan fingerprint density at radius 1 is 1.17 bits per heavy atom. The lowest BCUT2D eigenvalue weighted by Gasteiger charge is -2.31. The topological polar surface area (TPSA) is 52.7 Å². The summed E-state index contributed by atoms with van der Waals surface area (Å²) in [6.45, 7) is 3.40. The molecule has 1 aromatic carbocycles. The minimum Gasteiger partial charge on any atom is -0.359 e. The number of benzene rings is 1. The summed E-state index contributed by atoms with van der Waals surface area (Å²) in [7, 11) is 1.70. The van der Waals surface area contributed by atoms with E-state index >= 15 is 0 Å². The predicted octanol–water partition coefficient (Wildman–Crippen LogP) is 1.42. The van der Waals surface area contributed by atoms with Gasteiger partial charge in [0.25, 0.3) is 0 Å². The average molecular weight is 315 g/mol. The summed E-state index contributed by atoms with van der Waals surface area (Å²) in [6.07, 6.45) is 3.29. The van der Waals surface area contributed by atoms with Gasteiger partial charge >= 0.3 is 0 Å². The van der Waals surface area contributed by atoms with E-state index in [0.717, 1.165) is 51.1 Å². The molecule has 1 N–H and O–H groups in total. The Kier molecular flexibility index (Phi) is 4.96. The number of carbonyl (C=O) groups is 2. The Bertz CT molecular complexity index is 579. The van der Waals surface area contributed by atoms with E-state index in [2.05, 4.69) is 16.3 Å². The van der Waals surface area contributed by atoms with Crippen LogP contribution < -0.4 is 10.2 Å². The number of hydrogen-bond donors (Lipinski definition) is 1. The summed E-state index contributed by atoms with van der Waals surface area (Å²) in [5, 5.41) is 2.73. The Morgan fingerprint density at radius 2 is 1.91 bits per heavy atom. The minimum absolute atomic E-state index is 0.136. The molecule has 2 aliphatic rings. The van der Waals surface area contributed by atoms with Gasteiger partial charge in [-0.05, 0) is 44.0 Å². The zero-order valence-electron chi connectivity index (χ0n) is 13.8. The van der Waals surface area contributed by atoms with Crippen LogP contribution in [0, 0.1) is 5.92 Å². The number of amides is 2. The maximum atomic E-state index is 12.5. The fourth-order valence-electron chi connectivity index (χ4n) is 3.61.